The molecule has 3 aromatic carbocycles. The highest BCUT2D eigenvalue weighted by atomic mass is 32.1. The highest BCUT2D eigenvalue weighted by Gasteiger charge is 2.14. The SMILES string of the molecule is CC(C)COc1ccccc1C(=O)NC(=S)Nc1ccc(C(=O)NCc2ccccc2)cc1. The third-order valence-electron chi connectivity index (χ3n) is 4.63. The standard InChI is InChI=1S/C26H27N3O3S/c1-18(2)17-32-23-11-7-6-10-22(23)25(31)29-26(33)28-21-14-12-20(13-15-21)24(30)27-16-19-8-4-3-5-9-19/h3-15,18H,16-17H2,1-2H3,(H,27,30)(H2,28,29,31,33). The molecule has 0 aromatic heterocycles. The summed E-state index contributed by atoms with van der Waals surface area (Å²) in [6.07, 6.45) is 0. The first-order valence-corrected chi connectivity index (χ1v) is 11.1. The summed E-state index contributed by atoms with van der Waals surface area (Å²) in [4.78, 5) is 25.0. The molecule has 0 spiro atoms. The van der Waals surface area contributed by atoms with E-state index in [0.717, 1.165) is 5.56 Å². The van der Waals surface area contributed by atoms with E-state index in [9.17, 15) is 9.59 Å². The van der Waals surface area contributed by atoms with E-state index in [1.807, 2.05) is 50.2 Å². The summed E-state index contributed by atoms with van der Waals surface area (Å²) in [6.45, 7) is 5.05. The number of anilines is 1. The van der Waals surface area contributed by atoms with Gasteiger partial charge < -0.3 is 15.4 Å². The van der Waals surface area contributed by atoms with Gasteiger partial charge in [-0.15, -0.1) is 0 Å². The van der Waals surface area contributed by atoms with Crippen LogP contribution >= 0.6 is 12.2 Å². The second kappa shape index (κ2) is 11.8. The quantitative estimate of drug-likeness (QED) is 0.421. The van der Waals surface area contributed by atoms with Crippen LogP contribution in [-0.2, 0) is 6.54 Å². The number of hydrogen-bond donors (Lipinski definition) is 3. The molecule has 0 atom stereocenters. The molecule has 2 amide bonds. The predicted molar refractivity (Wildman–Crippen MR) is 135 cm³/mol. The smallest absolute Gasteiger partial charge is 0.261 e. The van der Waals surface area contributed by atoms with E-state index in [2.05, 4.69) is 16.0 Å². The third kappa shape index (κ3) is 7.43. The molecule has 0 bridgehead atoms. The molecule has 0 aliphatic rings. The van der Waals surface area contributed by atoms with Gasteiger partial charge in [-0.1, -0.05) is 56.3 Å². The van der Waals surface area contributed by atoms with Gasteiger partial charge in [0.05, 0.1) is 12.2 Å². The fourth-order valence-corrected chi connectivity index (χ4v) is 3.17. The molecule has 3 rings (SSSR count). The van der Waals surface area contributed by atoms with Gasteiger partial charge >= 0.3 is 0 Å². The van der Waals surface area contributed by atoms with Gasteiger partial charge in [-0.2, -0.15) is 0 Å². The van der Waals surface area contributed by atoms with Gasteiger partial charge in [0.1, 0.15) is 5.75 Å². The Kier molecular flexibility index (Phi) is 8.55. The molecule has 0 unspecified atom stereocenters. The molecule has 3 N–H and O–H groups in total. The first-order valence-electron chi connectivity index (χ1n) is 10.7. The third-order valence-corrected chi connectivity index (χ3v) is 4.84. The predicted octanol–water partition coefficient (Wildman–Crippen LogP) is 4.78. The number of nitrogens with one attached hydrogen (secondary N) is 3. The maximum atomic E-state index is 12.7. The Morgan fingerprint density at radius 2 is 1.55 bits per heavy atom. The molecule has 170 valence electrons. The second-order valence-electron chi connectivity index (χ2n) is 7.85. The molecule has 0 fully saturated rings. The van der Waals surface area contributed by atoms with Crippen LogP contribution in [0.25, 0.3) is 0 Å². The number of thiocarbonyl (C=S) groups is 1. The zero-order valence-corrected chi connectivity index (χ0v) is 19.4. The van der Waals surface area contributed by atoms with Crippen molar-refractivity contribution >= 4 is 34.8 Å². The van der Waals surface area contributed by atoms with Crippen molar-refractivity contribution in [2.75, 3.05) is 11.9 Å². The number of amides is 2. The van der Waals surface area contributed by atoms with E-state index in [-0.39, 0.29) is 16.9 Å². The number of carbonyl (C=O) groups excluding carboxylic acids is 2. The van der Waals surface area contributed by atoms with Crippen LogP contribution in [0.3, 0.4) is 0 Å². The number of benzene rings is 3. The summed E-state index contributed by atoms with van der Waals surface area (Å²) in [5.74, 6) is 0.327. The molecule has 0 saturated carbocycles. The highest BCUT2D eigenvalue weighted by molar-refractivity contribution is 7.80. The van der Waals surface area contributed by atoms with Crippen LogP contribution in [0.15, 0.2) is 78.9 Å². The van der Waals surface area contributed by atoms with E-state index in [0.29, 0.717) is 41.6 Å². The Hall–Kier alpha value is -3.71. The number of hydrogen-bond acceptors (Lipinski definition) is 4. The zero-order chi connectivity index (χ0) is 23.6. The Morgan fingerprint density at radius 3 is 2.24 bits per heavy atom. The molecule has 6 nitrogen and oxygen atoms in total. The largest absolute Gasteiger partial charge is 0.492 e. The Bertz CT molecular complexity index is 1100. The molecule has 0 aliphatic carbocycles. The lowest BCUT2D eigenvalue weighted by atomic mass is 10.1. The van der Waals surface area contributed by atoms with E-state index in [4.69, 9.17) is 17.0 Å². The van der Waals surface area contributed by atoms with Crippen molar-refractivity contribution in [3.05, 3.63) is 95.6 Å². The molecule has 0 radical (unpaired) electrons. The maximum absolute atomic E-state index is 12.7. The van der Waals surface area contributed by atoms with E-state index in [1.54, 1.807) is 42.5 Å². The van der Waals surface area contributed by atoms with Crippen molar-refractivity contribution in [1.29, 1.82) is 0 Å². The minimum atomic E-state index is -0.358. The molecule has 0 aliphatic heterocycles. The minimum absolute atomic E-state index is 0.153. The lowest BCUT2D eigenvalue weighted by molar-refractivity contribution is 0.0948. The van der Waals surface area contributed by atoms with E-state index < -0.39 is 0 Å². The number of rotatable bonds is 8. The topological polar surface area (TPSA) is 79.5 Å². The maximum Gasteiger partial charge on any atom is 0.261 e. The van der Waals surface area contributed by atoms with Crippen molar-refractivity contribution in [3.63, 3.8) is 0 Å². The Morgan fingerprint density at radius 1 is 0.879 bits per heavy atom. The van der Waals surface area contributed by atoms with Gasteiger partial charge in [-0.05, 0) is 60.1 Å². The summed E-state index contributed by atoms with van der Waals surface area (Å²) in [7, 11) is 0. The molecule has 0 saturated heterocycles. The average molecular weight is 462 g/mol. The normalized spacial score (nSPS) is 10.4. The molecular formula is C26H27N3O3S. The van der Waals surface area contributed by atoms with Gasteiger partial charge in [0.15, 0.2) is 5.11 Å². The Balaban J connectivity index is 1.53. The second-order valence-corrected chi connectivity index (χ2v) is 8.26. The molecular weight excluding hydrogens is 434 g/mol. The lowest BCUT2D eigenvalue weighted by Crippen LogP contribution is -2.34. The Labute approximate surface area is 199 Å². The lowest BCUT2D eigenvalue weighted by Gasteiger charge is -2.14. The van der Waals surface area contributed by atoms with Crippen LogP contribution < -0.4 is 20.7 Å². The van der Waals surface area contributed by atoms with Gasteiger partial charge in [-0.3, -0.25) is 14.9 Å². The van der Waals surface area contributed by atoms with Crippen molar-refractivity contribution in [2.45, 2.75) is 20.4 Å². The monoisotopic (exact) mass is 461 g/mol. The van der Waals surface area contributed by atoms with Crippen LogP contribution in [0.4, 0.5) is 5.69 Å². The fourth-order valence-electron chi connectivity index (χ4n) is 2.95. The summed E-state index contributed by atoms with van der Waals surface area (Å²) in [5.41, 5.74) is 2.63. The van der Waals surface area contributed by atoms with Crippen molar-refractivity contribution in [1.82, 2.24) is 10.6 Å². The van der Waals surface area contributed by atoms with Crippen LogP contribution in [0, 0.1) is 5.92 Å². The van der Waals surface area contributed by atoms with Crippen molar-refractivity contribution in [3.8, 4) is 5.75 Å². The molecule has 33 heavy (non-hydrogen) atoms. The zero-order valence-electron chi connectivity index (χ0n) is 18.6. The number of para-hydroxylation sites is 1. The van der Waals surface area contributed by atoms with Gasteiger partial charge in [-0.25, -0.2) is 0 Å². The average Bonchev–Trinajstić information content (AvgIpc) is 2.82. The van der Waals surface area contributed by atoms with E-state index >= 15 is 0 Å². The van der Waals surface area contributed by atoms with Gasteiger partial charge in [0.2, 0.25) is 0 Å². The first kappa shape index (κ1) is 23.9. The van der Waals surface area contributed by atoms with Crippen LogP contribution in [0.2, 0.25) is 0 Å². The van der Waals surface area contributed by atoms with Gasteiger partial charge in [0.25, 0.3) is 11.8 Å². The minimum Gasteiger partial charge on any atom is -0.492 e. The van der Waals surface area contributed by atoms with Crippen molar-refractivity contribution < 1.29 is 14.3 Å². The molecule has 3 aromatic rings. The van der Waals surface area contributed by atoms with Crippen LogP contribution in [0.5, 0.6) is 5.75 Å². The van der Waals surface area contributed by atoms with Crippen molar-refractivity contribution in [2.24, 2.45) is 5.92 Å². The van der Waals surface area contributed by atoms with E-state index in [1.165, 1.54) is 0 Å². The highest BCUT2D eigenvalue weighted by Crippen LogP contribution is 2.19. The van der Waals surface area contributed by atoms with Crippen LogP contribution in [-0.4, -0.2) is 23.5 Å². The fraction of sp³-hybridized carbons (Fsp3) is 0.192. The van der Waals surface area contributed by atoms with Gasteiger partial charge in [0, 0.05) is 17.8 Å². The number of ether oxygens (including phenoxy) is 1. The molecule has 0 heterocycles. The molecule has 7 heteroatoms. The number of carbonyl (C=O) groups is 2. The summed E-state index contributed by atoms with van der Waals surface area (Å²) in [6, 6.07) is 23.6. The summed E-state index contributed by atoms with van der Waals surface area (Å²) < 4.78 is 5.74. The summed E-state index contributed by atoms with van der Waals surface area (Å²) >= 11 is 5.28. The van der Waals surface area contributed by atoms with Crippen LogP contribution in [0.1, 0.15) is 40.1 Å². The summed E-state index contributed by atoms with van der Waals surface area (Å²) in [5, 5.41) is 8.67. The first-order chi connectivity index (χ1) is 15.9.